The van der Waals surface area contributed by atoms with Crippen LogP contribution in [0.15, 0.2) is 24.5 Å². The largest absolute Gasteiger partial charge is 0.458 e. The number of esters is 1. The number of piperidine rings is 3. The monoisotopic (exact) mass is 258 g/mol. The third kappa shape index (κ3) is 1.94. The second kappa shape index (κ2) is 4.30. The van der Waals surface area contributed by atoms with Crippen molar-refractivity contribution in [3.05, 3.63) is 30.1 Å². The molecule has 0 N–H and O–H groups in total. The number of carbonyl (C=O) groups excluding carboxylic acids is 1. The molecule has 1 aliphatic carbocycles. The molecule has 100 valence electrons. The van der Waals surface area contributed by atoms with Gasteiger partial charge in [-0.3, -0.25) is 4.98 Å². The van der Waals surface area contributed by atoms with E-state index in [-0.39, 0.29) is 12.1 Å². The standard InChI is InChI=1S/C15H18N2O2/c18-15(11-2-1-3-16-6-11)19-14-12-4-10-5-13(14)9-17(7-10)8-12/h1-3,6,10,12-14H,4-5,7-9H2. The Morgan fingerprint density at radius 3 is 2.68 bits per heavy atom. The Bertz CT molecular complexity index is 460. The lowest BCUT2D eigenvalue weighted by molar-refractivity contribution is -0.116. The van der Waals surface area contributed by atoms with Crippen LogP contribution in [0.3, 0.4) is 0 Å². The van der Waals surface area contributed by atoms with Crippen LogP contribution in [0.4, 0.5) is 0 Å². The lowest BCUT2D eigenvalue weighted by Crippen LogP contribution is -2.60. The van der Waals surface area contributed by atoms with Gasteiger partial charge in [-0.2, -0.15) is 0 Å². The normalized spacial score (nSPS) is 39.3. The number of hydrogen-bond donors (Lipinski definition) is 0. The van der Waals surface area contributed by atoms with Gasteiger partial charge < -0.3 is 9.64 Å². The molecule has 0 radical (unpaired) electrons. The minimum absolute atomic E-state index is 0.125. The summed E-state index contributed by atoms with van der Waals surface area (Å²) in [4.78, 5) is 18.7. The smallest absolute Gasteiger partial charge is 0.339 e. The molecule has 4 bridgehead atoms. The van der Waals surface area contributed by atoms with Crippen molar-refractivity contribution >= 4 is 5.97 Å². The first kappa shape index (κ1) is 11.4. The molecule has 0 amide bonds. The van der Waals surface area contributed by atoms with Crippen LogP contribution < -0.4 is 0 Å². The third-order valence-corrected chi connectivity index (χ3v) is 4.84. The second-order valence-corrected chi connectivity index (χ2v) is 6.19. The first-order valence-electron chi connectivity index (χ1n) is 7.13. The van der Waals surface area contributed by atoms with E-state index in [4.69, 9.17) is 4.74 Å². The summed E-state index contributed by atoms with van der Waals surface area (Å²) in [6.45, 7) is 3.48. The van der Waals surface area contributed by atoms with E-state index >= 15 is 0 Å². The first-order valence-corrected chi connectivity index (χ1v) is 7.13. The zero-order valence-electron chi connectivity index (χ0n) is 10.9. The molecule has 19 heavy (non-hydrogen) atoms. The van der Waals surface area contributed by atoms with Crippen LogP contribution in [0.5, 0.6) is 0 Å². The first-order chi connectivity index (χ1) is 9.29. The van der Waals surface area contributed by atoms with Crippen molar-refractivity contribution in [2.75, 3.05) is 19.6 Å². The topological polar surface area (TPSA) is 42.4 Å². The van der Waals surface area contributed by atoms with Crippen LogP contribution in [0.1, 0.15) is 23.2 Å². The van der Waals surface area contributed by atoms with Crippen molar-refractivity contribution < 1.29 is 9.53 Å². The van der Waals surface area contributed by atoms with Gasteiger partial charge in [-0.25, -0.2) is 4.79 Å². The minimum Gasteiger partial charge on any atom is -0.458 e. The molecule has 3 aliphatic heterocycles. The zero-order chi connectivity index (χ0) is 12.8. The lowest BCUT2D eigenvalue weighted by Gasteiger charge is -2.55. The molecular weight excluding hydrogens is 240 g/mol. The van der Waals surface area contributed by atoms with E-state index in [9.17, 15) is 4.79 Å². The molecule has 1 saturated carbocycles. The molecular formula is C15H18N2O2. The van der Waals surface area contributed by atoms with E-state index in [1.807, 2.05) is 0 Å². The minimum atomic E-state index is -0.208. The molecule has 0 spiro atoms. The summed E-state index contributed by atoms with van der Waals surface area (Å²) in [6, 6.07) is 3.55. The van der Waals surface area contributed by atoms with Crippen molar-refractivity contribution in [3.8, 4) is 0 Å². The van der Waals surface area contributed by atoms with Gasteiger partial charge in [0.2, 0.25) is 0 Å². The highest BCUT2D eigenvalue weighted by Crippen LogP contribution is 2.44. The number of nitrogens with zero attached hydrogens (tertiary/aromatic N) is 2. The highest BCUT2D eigenvalue weighted by Gasteiger charge is 2.49. The van der Waals surface area contributed by atoms with Crippen molar-refractivity contribution in [3.63, 3.8) is 0 Å². The van der Waals surface area contributed by atoms with Gasteiger partial charge in [-0.15, -0.1) is 0 Å². The molecule has 4 nitrogen and oxygen atoms in total. The molecule has 4 fully saturated rings. The molecule has 5 rings (SSSR count). The van der Waals surface area contributed by atoms with E-state index in [0.29, 0.717) is 17.4 Å². The van der Waals surface area contributed by atoms with Crippen LogP contribution in [0.2, 0.25) is 0 Å². The molecule has 1 aromatic rings. The third-order valence-electron chi connectivity index (χ3n) is 4.84. The fourth-order valence-corrected chi connectivity index (χ4v) is 4.23. The maximum absolute atomic E-state index is 12.2. The zero-order valence-corrected chi connectivity index (χ0v) is 10.9. The lowest BCUT2D eigenvalue weighted by atomic mass is 9.66. The number of rotatable bonds is 2. The van der Waals surface area contributed by atoms with Crippen LogP contribution in [-0.2, 0) is 4.74 Å². The predicted octanol–water partition coefficient (Wildman–Crippen LogP) is 1.58. The van der Waals surface area contributed by atoms with Gasteiger partial charge in [0.25, 0.3) is 0 Å². The van der Waals surface area contributed by atoms with Gasteiger partial charge in [-0.05, 0) is 30.9 Å². The summed E-state index contributed by atoms with van der Waals surface area (Å²) in [5, 5.41) is 0. The molecule has 4 aliphatic rings. The highest BCUT2D eigenvalue weighted by molar-refractivity contribution is 5.89. The summed E-state index contributed by atoms with van der Waals surface area (Å²) in [5.74, 6) is 1.73. The Morgan fingerprint density at radius 2 is 2.05 bits per heavy atom. The number of carbonyl (C=O) groups is 1. The molecule has 0 aromatic carbocycles. The maximum Gasteiger partial charge on any atom is 0.339 e. The quantitative estimate of drug-likeness (QED) is 0.755. The molecule has 2 unspecified atom stereocenters. The number of aromatic nitrogens is 1. The summed E-state index contributed by atoms with van der Waals surface area (Å²) < 4.78 is 5.81. The summed E-state index contributed by atoms with van der Waals surface area (Å²) in [5.41, 5.74) is 0.566. The van der Waals surface area contributed by atoms with Gasteiger partial charge in [-0.1, -0.05) is 0 Å². The van der Waals surface area contributed by atoms with Crippen molar-refractivity contribution in [1.82, 2.24) is 9.88 Å². The van der Waals surface area contributed by atoms with Gasteiger partial charge >= 0.3 is 5.97 Å². The van der Waals surface area contributed by atoms with E-state index in [0.717, 1.165) is 19.0 Å². The van der Waals surface area contributed by atoms with Crippen molar-refractivity contribution in [1.29, 1.82) is 0 Å². The van der Waals surface area contributed by atoms with Gasteiger partial charge in [0.15, 0.2) is 0 Å². The van der Waals surface area contributed by atoms with Crippen molar-refractivity contribution in [2.24, 2.45) is 17.8 Å². The number of pyridine rings is 1. The fraction of sp³-hybridized carbons (Fsp3) is 0.600. The van der Waals surface area contributed by atoms with Crippen LogP contribution >= 0.6 is 0 Å². The Kier molecular flexibility index (Phi) is 2.58. The Morgan fingerprint density at radius 1 is 1.26 bits per heavy atom. The van der Waals surface area contributed by atoms with E-state index in [1.54, 1.807) is 24.5 Å². The van der Waals surface area contributed by atoms with Crippen LogP contribution in [0, 0.1) is 17.8 Å². The Hall–Kier alpha value is -1.42. The average Bonchev–Trinajstić information content (AvgIpc) is 2.43. The number of hydrogen-bond acceptors (Lipinski definition) is 4. The van der Waals surface area contributed by atoms with Gasteiger partial charge in [0.05, 0.1) is 5.56 Å². The molecule has 4 heteroatoms. The SMILES string of the molecule is O=C(OC1C2CC3CC1CN(C3)C2)c1cccnc1. The van der Waals surface area contributed by atoms with Gasteiger partial charge in [0, 0.05) is 43.9 Å². The highest BCUT2D eigenvalue weighted by atomic mass is 16.5. The van der Waals surface area contributed by atoms with E-state index < -0.39 is 0 Å². The Labute approximate surface area is 112 Å². The molecule has 1 aromatic heterocycles. The molecule has 4 heterocycles. The van der Waals surface area contributed by atoms with Gasteiger partial charge in [0.1, 0.15) is 6.10 Å². The molecule has 3 saturated heterocycles. The van der Waals surface area contributed by atoms with Crippen LogP contribution in [0.25, 0.3) is 0 Å². The predicted molar refractivity (Wildman–Crippen MR) is 69.6 cm³/mol. The molecule has 2 atom stereocenters. The fourth-order valence-electron chi connectivity index (χ4n) is 4.23. The summed E-state index contributed by atoms with van der Waals surface area (Å²) >= 11 is 0. The summed E-state index contributed by atoms with van der Waals surface area (Å²) in [6.07, 6.45) is 5.85. The average molecular weight is 258 g/mol. The summed E-state index contributed by atoms with van der Waals surface area (Å²) in [7, 11) is 0. The van der Waals surface area contributed by atoms with E-state index in [1.165, 1.54) is 19.4 Å². The van der Waals surface area contributed by atoms with Crippen LogP contribution in [-0.4, -0.2) is 41.6 Å². The Balaban J connectivity index is 1.50. The second-order valence-electron chi connectivity index (χ2n) is 6.19. The maximum atomic E-state index is 12.2. The number of ether oxygens (including phenoxy) is 1. The van der Waals surface area contributed by atoms with Crippen molar-refractivity contribution in [2.45, 2.75) is 18.9 Å². The van der Waals surface area contributed by atoms with E-state index in [2.05, 4.69) is 9.88 Å².